The molecule has 29 heavy (non-hydrogen) atoms. The van der Waals surface area contributed by atoms with Crippen LogP contribution < -0.4 is 10.1 Å². The van der Waals surface area contributed by atoms with Crippen LogP contribution in [0.1, 0.15) is 69.8 Å². The molecule has 2 aliphatic rings. The smallest absolute Gasteiger partial charge is 0.224 e. The van der Waals surface area contributed by atoms with Crippen LogP contribution in [0.4, 0.5) is 5.69 Å². The first kappa shape index (κ1) is 21.6. The minimum absolute atomic E-state index is 0.0631. The van der Waals surface area contributed by atoms with Crippen molar-refractivity contribution >= 4 is 17.5 Å². The normalized spacial score (nSPS) is 19.4. The monoisotopic (exact) mass is 402 g/mol. The SMILES string of the molecule is COCCN(C(=O)CCCOc1ccc2c(c1)C(C)CC(=O)N2)C1CCCCC1. The lowest BCUT2D eigenvalue weighted by Gasteiger charge is -2.34. The van der Waals surface area contributed by atoms with Crippen molar-refractivity contribution in [1.82, 2.24) is 4.90 Å². The number of carbonyl (C=O) groups is 2. The molecule has 1 unspecified atom stereocenters. The lowest BCUT2D eigenvalue weighted by atomic mass is 9.92. The summed E-state index contributed by atoms with van der Waals surface area (Å²) in [6.45, 7) is 3.83. The van der Waals surface area contributed by atoms with Crippen molar-refractivity contribution in [3.05, 3.63) is 23.8 Å². The number of anilines is 1. The Balaban J connectivity index is 1.48. The van der Waals surface area contributed by atoms with E-state index < -0.39 is 0 Å². The predicted octanol–water partition coefficient (Wildman–Crippen LogP) is 4.10. The first-order valence-corrected chi connectivity index (χ1v) is 10.9. The summed E-state index contributed by atoms with van der Waals surface area (Å²) in [4.78, 5) is 26.5. The minimum Gasteiger partial charge on any atom is -0.494 e. The summed E-state index contributed by atoms with van der Waals surface area (Å²) in [5.74, 6) is 1.25. The van der Waals surface area contributed by atoms with Crippen molar-refractivity contribution in [2.75, 3.05) is 32.2 Å². The fraction of sp³-hybridized carbons (Fsp3) is 0.652. The van der Waals surface area contributed by atoms with Crippen LogP contribution in [0.3, 0.4) is 0 Å². The fourth-order valence-electron chi connectivity index (χ4n) is 4.39. The van der Waals surface area contributed by atoms with Crippen molar-refractivity contribution in [3.8, 4) is 5.75 Å². The molecule has 1 aliphatic heterocycles. The van der Waals surface area contributed by atoms with Crippen LogP contribution in [-0.2, 0) is 14.3 Å². The van der Waals surface area contributed by atoms with Crippen molar-refractivity contribution in [2.45, 2.75) is 70.3 Å². The van der Waals surface area contributed by atoms with Crippen molar-refractivity contribution in [2.24, 2.45) is 0 Å². The van der Waals surface area contributed by atoms with Crippen LogP contribution in [0.5, 0.6) is 5.75 Å². The van der Waals surface area contributed by atoms with Gasteiger partial charge < -0.3 is 19.7 Å². The molecule has 1 heterocycles. The van der Waals surface area contributed by atoms with Gasteiger partial charge in [-0.3, -0.25) is 9.59 Å². The minimum atomic E-state index is 0.0631. The number of amides is 2. The number of ether oxygens (including phenoxy) is 2. The molecule has 3 rings (SSSR count). The fourth-order valence-corrected chi connectivity index (χ4v) is 4.39. The number of hydrogen-bond donors (Lipinski definition) is 1. The number of rotatable bonds is 9. The Labute approximate surface area is 173 Å². The van der Waals surface area contributed by atoms with E-state index in [4.69, 9.17) is 9.47 Å². The Kier molecular flexibility index (Phi) is 7.92. The molecule has 6 nitrogen and oxygen atoms in total. The summed E-state index contributed by atoms with van der Waals surface area (Å²) in [5.41, 5.74) is 1.98. The van der Waals surface area contributed by atoms with E-state index in [2.05, 4.69) is 12.2 Å². The maximum atomic E-state index is 12.8. The summed E-state index contributed by atoms with van der Waals surface area (Å²) in [6.07, 6.45) is 7.61. The largest absolute Gasteiger partial charge is 0.494 e. The number of benzene rings is 1. The number of methoxy groups -OCH3 is 1. The van der Waals surface area contributed by atoms with Gasteiger partial charge in [-0.2, -0.15) is 0 Å². The van der Waals surface area contributed by atoms with Gasteiger partial charge in [0.2, 0.25) is 11.8 Å². The highest BCUT2D eigenvalue weighted by Gasteiger charge is 2.25. The first-order valence-electron chi connectivity index (χ1n) is 10.9. The van der Waals surface area contributed by atoms with Gasteiger partial charge in [-0.1, -0.05) is 26.2 Å². The average Bonchev–Trinajstić information content (AvgIpc) is 2.72. The molecular weight excluding hydrogens is 368 g/mol. The average molecular weight is 403 g/mol. The van der Waals surface area contributed by atoms with Gasteiger partial charge in [0.15, 0.2) is 0 Å². The van der Waals surface area contributed by atoms with Gasteiger partial charge in [-0.25, -0.2) is 0 Å². The molecule has 1 N–H and O–H groups in total. The molecule has 0 saturated heterocycles. The summed E-state index contributed by atoms with van der Waals surface area (Å²) < 4.78 is 11.1. The maximum Gasteiger partial charge on any atom is 0.224 e. The van der Waals surface area contributed by atoms with E-state index in [1.54, 1.807) is 7.11 Å². The van der Waals surface area contributed by atoms with E-state index >= 15 is 0 Å². The molecule has 2 amide bonds. The summed E-state index contributed by atoms with van der Waals surface area (Å²) in [6, 6.07) is 6.16. The Hall–Kier alpha value is -2.08. The molecule has 1 aromatic rings. The third kappa shape index (κ3) is 5.95. The highest BCUT2D eigenvalue weighted by Crippen LogP contribution is 2.34. The van der Waals surface area contributed by atoms with Crippen LogP contribution in [-0.4, -0.2) is 49.6 Å². The van der Waals surface area contributed by atoms with Crippen LogP contribution in [0.25, 0.3) is 0 Å². The zero-order chi connectivity index (χ0) is 20.6. The standard InChI is InChI=1S/C23H34N2O4/c1-17-15-22(26)24-21-11-10-19(16-20(17)21)29-13-6-9-23(27)25(12-14-28-2)18-7-4-3-5-8-18/h10-11,16-18H,3-9,12-15H2,1-2H3,(H,24,26). The molecule has 6 heteroatoms. The van der Waals surface area contributed by atoms with Crippen LogP contribution >= 0.6 is 0 Å². The molecule has 1 saturated carbocycles. The van der Waals surface area contributed by atoms with E-state index in [0.29, 0.717) is 45.1 Å². The molecule has 0 aromatic heterocycles. The zero-order valence-electron chi connectivity index (χ0n) is 17.7. The van der Waals surface area contributed by atoms with Crippen molar-refractivity contribution < 1.29 is 19.1 Å². The molecule has 0 spiro atoms. The zero-order valence-corrected chi connectivity index (χ0v) is 17.7. The molecule has 1 aliphatic carbocycles. The van der Waals surface area contributed by atoms with Crippen molar-refractivity contribution in [3.63, 3.8) is 0 Å². The summed E-state index contributed by atoms with van der Waals surface area (Å²) in [7, 11) is 1.68. The third-order valence-corrected chi connectivity index (χ3v) is 6.00. The van der Waals surface area contributed by atoms with E-state index in [-0.39, 0.29) is 17.7 Å². The molecule has 1 fully saturated rings. The number of carbonyl (C=O) groups excluding carboxylic acids is 2. The van der Waals surface area contributed by atoms with Gasteiger partial charge in [-0.05, 0) is 48.9 Å². The third-order valence-electron chi connectivity index (χ3n) is 6.00. The quantitative estimate of drug-likeness (QED) is 0.632. The Morgan fingerprint density at radius 2 is 2.00 bits per heavy atom. The van der Waals surface area contributed by atoms with E-state index in [9.17, 15) is 9.59 Å². The van der Waals surface area contributed by atoms with Crippen LogP contribution in [0, 0.1) is 0 Å². The Morgan fingerprint density at radius 1 is 1.21 bits per heavy atom. The van der Waals surface area contributed by atoms with Crippen LogP contribution in [0.2, 0.25) is 0 Å². The maximum absolute atomic E-state index is 12.8. The van der Waals surface area contributed by atoms with Gasteiger partial charge in [0, 0.05) is 38.2 Å². The lowest BCUT2D eigenvalue weighted by Crippen LogP contribution is -2.43. The van der Waals surface area contributed by atoms with Crippen molar-refractivity contribution in [1.29, 1.82) is 0 Å². The molecule has 160 valence electrons. The summed E-state index contributed by atoms with van der Waals surface area (Å²) >= 11 is 0. The second kappa shape index (κ2) is 10.6. The van der Waals surface area contributed by atoms with Gasteiger partial charge in [-0.15, -0.1) is 0 Å². The van der Waals surface area contributed by atoms with Gasteiger partial charge >= 0.3 is 0 Å². The van der Waals surface area contributed by atoms with Gasteiger partial charge in [0.05, 0.1) is 13.2 Å². The molecule has 1 atom stereocenters. The Bertz CT molecular complexity index is 700. The number of fused-ring (bicyclic) bond motifs is 1. The molecule has 0 radical (unpaired) electrons. The number of nitrogens with one attached hydrogen (secondary N) is 1. The predicted molar refractivity (Wildman–Crippen MR) is 113 cm³/mol. The highest BCUT2D eigenvalue weighted by molar-refractivity contribution is 5.94. The number of hydrogen-bond acceptors (Lipinski definition) is 4. The molecule has 0 bridgehead atoms. The lowest BCUT2D eigenvalue weighted by molar-refractivity contribution is -0.135. The van der Waals surface area contributed by atoms with E-state index in [1.807, 2.05) is 23.1 Å². The highest BCUT2D eigenvalue weighted by atomic mass is 16.5. The molecule has 1 aromatic carbocycles. The number of nitrogens with zero attached hydrogens (tertiary/aromatic N) is 1. The van der Waals surface area contributed by atoms with E-state index in [1.165, 1.54) is 19.3 Å². The summed E-state index contributed by atoms with van der Waals surface area (Å²) in [5, 5.41) is 2.91. The second-order valence-electron chi connectivity index (χ2n) is 8.23. The molecular formula is C23H34N2O4. The van der Waals surface area contributed by atoms with Gasteiger partial charge in [0.25, 0.3) is 0 Å². The van der Waals surface area contributed by atoms with Gasteiger partial charge in [0.1, 0.15) is 5.75 Å². The van der Waals surface area contributed by atoms with Crippen LogP contribution in [0.15, 0.2) is 18.2 Å². The second-order valence-corrected chi connectivity index (χ2v) is 8.23. The first-order chi connectivity index (χ1) is 14.1. The topological polar surface area (TPSA) is 67.9 Å². The Morgan fingerprint density at radius 3 is 2.76 bits per heavy atom. The van der Waals surface area contributed by atoms with E-state index in [0.717, 1.165) is 29.8 Å².